The molecule has 2 heterocycles. The van der Waals surface area contributed by atoms with Gasteiger partial charge in [-0.2, -0.15) is 13.2 Å². The van der Waals surface area contributed by atoms with E-state index in [4.69, 9.17) is 4.42 Å². The summed E-state index contributed by atoms with van der Waals surface area (Å²) < 4.78 is 45.0. The third-order valence-corrected chi connectivity index (χ3v) is 8.75. The Morgan fingerprint density at radius 3 is 2.16 bits per heavy atom. The van der Waals surface area contributed by atoms with Gasteiger partial charge in [0.2, 0.25) is 5.91 Å². The molecule has 1 aliphatic heterocycles. The van der Waals surface area contributed by atoms with Gasteiger partial charge in [0.15, 0.2) is 5.76 Å². The number of carbonyl (C=O) groups is 2. The highest BCUT2D eigenvalue weighted by Gasteiger charge is 2.49. The quantitative estimate of drug-likeness (QED) is 0.220. The van der Waals surface area contributed by atoms with Gasteiger partial charge < -0.3 is 20.0 Å². The predicted octanol–water partition coefficient (Wildman–Crippen LogP) is 6.44. The van der Waals surface area contributed by atoms with Crippen molar-refractivity contribution in [2.45, 2.75) is 49.7 Å². The number of piperidine rings is 1. The Bertz CT molecular complexity index is 1540. The summed E-state index contributed by atoms with van der Waals surface area (Å²) in [7, 11) is 0. The molecule has 0 unspecified atom stereocenters. The van der Waals surface area contributed by atoms with Crippen molar-refractivity contribution >= 4 is 22.8 Å². The minimum absolute atomic E-state index is 0.0593. The zero-order chi connectivity index (χ0) is 30.0. The normalized spacial score (nSPS) is 16.5. The number of hydrogen-bond acceptors (Lipinski definition) is 4. The number of unbranched alkanes of at least 4 members (excludes halogenated alkanes) is 1. The maximum atomic E-state index is 13.7. The number of likely N-dealkylation sites (tertiary alicyclic amines) is 1. The van der Waals surface area contributed by atoms with Crippen molar-refractivity contribution in [3.8, 4) is 11.1 Å². The number of para-hydroxylation sites is 1. The first kappa shape index (κ1) is 29.0. The summed E-state index contributed by atoms with van der Waals surface area (Å²) in [4.78, 5) is 28.7. The van der Waals surface area contributed by atoms with E-state index in [0.29, 0.717) is 24.2 Å². The lowest BCUT2D eigenvalue weighted by molar-refractivity contribution is -0.141. The maximum absolute atomic E-state index is 13.7. The fraction of sp³-hybridized carbons (Fsp3) is 0.353. The lowest BCUT2D eigenvalue weighted by Crippen LogP contribution is -2.47. The maximum Gasteiger partial charge on any atom is 0.405 e. The molecule has 3 aromatic carbocycles. The SMILES string of the molecule is O=C(NC1CCN(CCCCC2(C(=O)NCC(F)(F)F)c3ccccc3-c3ccccc32)CC1)c1cc2ccccc2o1. The molecule has 6 rings (SSSR count). The first-order chi connectivity index (χ1) is 20.7. The van der Waals surface area contributed by atoms with Gasteiger partial charge in [0, 0.05) is 24.5 Å². The lowest BCUT2D eigenvalue weighted by atomic mass is 9.73. The predicted molar refractivity (Wildman–Crippen MR) is 159 cm³/mol. The highest BCUT2D eigenvalue weighted by Crippen LogP contribution is 2.51. The number of amides is 2. The fourth-order valence-corrected chi connectivity index (χ4v) is 6.66. The van der Waals surface area contributed by atoms with Crippen molar-refractivity contribution in [1.82, 2.24) is 15.5 Å². The smallest absolute Gasteiger partial charge is 0.405 e. The number of hydrogen-bond donors (Lipinski definition) is 2. The molecule has 6 nitrogen and oxygen atoms in total. The van der Waals surface area contributed by atoms with Crippen LogP contribution in [0.1, 0.15) is 53.8 Å². The van der Waals surface area contributed by atoms with Crippen LogP contribution in [0.3, 0.4) is 0 Å². The Hall–Kier alpha value is -4.11. The van der Waals surface area contributed by atoms with Gasteiger partial charge >= 0.3 is 6.18 Å². The molecule has 0 saturated carbocycles. The molecular weight excluding hydrogens is 555 g/mol. The average Bonchev–Trinajstić information content (AvgIpc) is 3.57. The van der Waals surface area contributed by atoms with Crippen LogP contribution in [0, 0.1) is 0 Å². The number of benzene rings is 3. The van der Waals surface area contributed by atoms with Crippen LogP contribution in [-0.4, -0.2) is 55.1 Å². The van der Waals surface area contributed by atoms with Crippen LogP contribution < -0.4 is 10.6 Å². The second-order valence-corrected chi connectivity index (χ2v) is 11.5. The van der Waals surface area contributed by atoms with Crippen molar-refractivity contribution in [3.05, 3.63) is 95.7 Å². The summed E-state index contributed by atoms with van der Waals surface area (Å²) in [5.74, 6) is -0.504. The minimum Gasteiger partial charge on any atom is -0.451 e. The van der Waals surface area contributed by atoms with Crippen molar-refractivity contribution < 1.29 is 27.2 Å². The van der Waals surface area contributed by atoms with Crippen molar-refractivity contribution in [3.63, 3.8) is 0 Å². The van der Waals surface area contributed by atoms with Crippen molar-refractivity contribution in [2.24, 2.45) is 0 Å². The van der Waals surface area contributed by atoms with E-state index in [9.17, 15) is 22.8 Å². The van der Waals surface area contributed by atoms with Crippen LogP contribution in [0.25, 0.3) is 22.1 Å². The molecular formula is C34H34F3N3O3. The van der Waals surface area contributed by atoms with Gasteiger partial charge in [-0.3, -0.25) is 9.59 Å². The monoisotopic (exact) mass is 589 g/mol. The summed E-state index contributed by atoms with van der Waals surface area (Å²) in [6.07, 6.45) is -0.979. The van der Waals surface area contributed by atoms with Crippen LogP contribution in [0.4, 0.5) is 13.2 Å². The van der Waals surface area contributed by atoms with E-state index in [-0.39, 0.29) is 11.9 Å². The lowest BCUT2D eigenvalue weighted by Gasteiger charge is -2.33. The van der Waals surface area contributed by atoms with E-state index >= 15 is 0 Å². The van der Waals surface area contributed by atoms with Gasteiger partial charge in [-0.05, 0) is 66.6 Å². The second-order valence-electron chi connectivity index (χ2n) is 11.5. The van der Waals surface area contributed by atoms with Gasteiger partial charge in [0.05, 0.1) is 0 Å². The zero-order valence-corrected chi connectivity index (χ0v) is 23.8. The molecule has 1 fully saturated rings. The highest BCUT2D eigenvalue weighted by molar-refractivity contribution is 6.00. The fourth-order valence-electron chi connectivity index (χ4n) is 6.66. The molecule has 0 atom stereocenters. The van der Waals surface area contributed by atoms with Crippen LogP contribution in [0.15, 0.2) is 83.3 Å². The number of carbonyl (C=O) groups excluding carboxylic acids is 2. The second kappa shape index (κ2) is 11.9. The van der Waals surface area contributed by atoms with Gasteiger partial charge in [-0.25, -0.2) is 0 Å². The highest BCUT2D eigenvalue weighted by atomic mass is 19.4. The van der Waals surface area contributed by atoms with Crippen molar-refractivity contribution in [1.29, 1.82) is 0 Å². The molecule has 4 aromatic rings. The number of fused-ring (bicyclic) bond motifs is 4. The minimum atomic E-state index is -4.49. The Kier molecular flexibility index (Phi) is 8.01. The first-order valence-corrected chi connectivity index (χ1v) is 14.8. The standard InChI is InChI=1S/C34H34F3N3O3/c35-34(36,37)22-38-32(42)33(27-12-4-2-10-25(27)26-11-3-5-13-28(26)33)17-7-8-18-40-19-15-24(16-20-40)39-31(41)30-21-23-9-1-6-14-29(23)43-30/h1-6,9-14,21,24H,7-8,15-20,22H2,(H,38,42)(H,39,41). The molecule has 224 valence electrons. The number of nitrogens with zero attached hydrogens (tertiary/aromatic N) is 1. The average molecular weight is 590 g/mol. The summed E-state index contributed by atoms with van der Waals surface area (Å²) in [6, 6.07) is 24.4. The summed E-state index contributed by atoms with van der Waals surface area (Å²) in [5, 5.41) is 6.19. The van der Waals surface area contributed by atoms with Crippen molar-refractivity contribution in [2.75, 3.05) is 26.2 Å². The molecule has 2 aliphatic rings. The molecule has 2 N–H and O–H groups in total. The molecule has 0 spiro atoms. The Labute approximate surface area is 248 Å². The zero-order valence-electron chi connectivity index (χ0n) is 23.8. The van der Waals surface area contributed by atoms with Gasteiger partial charge in [0.1, 0.15) is 17.5 Å². The molecule has 1 saturated heterocycles. The molecule has 43 heavy (non-hydrogen) atoms. The van der Waals surface area contributed by atoms with E-state index in [1.54, 1.807) is 6.07 Å². The number of furan rings is 1. The molecule has 2 amide bonds. The first-order valence-electron chi connectivity index (χ1n) is 14.8. The van der Waals surface area contributed by atoms with Crippen LogP contribution in [0.5, 0.6) is 0 Å². The van der Waals surface area contributed by atoms with Gasteiger partial charge in [-0.1, -0.05) is 73.2 Å². The molecule has 1 aromatic heterocycles. The van der Waals surface area contributed by atoms with Gasteiger partial charge in [0.25, 0.3) is 5.91 Å². The Morgan fingerprint density at radius 1 is 0.884 bits per heavy atom. The van der Waals surface area contributed by atoms with E-state index in [2.05, 4.69) is 15.5 Å². The molecule has 1 aliphatic carbocycles. The summed E-state index contributed by atoms with van der Waals surface area (Å²) >= 11 is 0. The Balaban J connectivity index is 1.06. The number of rotatable bonds is 9. The molecule has 0 bridgehead atoms. The number of halogens is 3. The van der Waals surface area contributed by atoms with Gasteiger partial charge in [-0.15, -0.1) is 0 Å². The topological polar surface area (TPSA) is 74.6 Å². The number of alkyl halides is 3. The largest absolute Gasteiger partial charge is 0.451 e. The summed E-state index contributed by atoms with van der Waals surface area (Å²) in [5.41, 5.74) is 2.83. The van der Waals surface area contributed by atoms with E-state index in [0.717, 1.165) is 66.5 Å². The summed E-state index contributed by atoms with van der Waals surface area (Å²) in [6.45, 7) is 1.11. The number of nitrogens with one attached hydrogen (secondary N) is 2. The van der Waals surface area contributed by atoms with Crippen LogP contribution >= 0.6 is 0 Å². The molecule has 9 heteroatoms. The van der Waals surface area contributed by atoms with E-state index in [1.165, 1.54) is 0 Å². The van der Waals surface area contributed by atoms with Crippen LogP contribution in [-0.2, 0) is 10.2 Å². The third kappa shape index (κ3) is 5.91. The Morgan fingerprint density at radius 2 is 1.51 bits per heavy atom. The van der Waals surface area contributed by atoms with E-state index < -0.39 is 24.0 Å². The third-order valence-electron chi connectivity index (χ3n) is 8.75. The van der Waals surface area contributed by atoms with Crippen LogP contribution in [0.2, 0.25) is 0 Å². The van der Waals surface area contributed by atoms with E-state index in [1.807, 2.05) is 72.8 Å². The molecule has 0 radical (unpaired) electrons.